The van der Waals surface area contributed by atoms with Gasteiger partial charge in [-0.15, -0.1) is 0 Å². The lowest BCUT2D eigenvalue weighted by molar-refractivity contribution is -0.190. The number of halogens is 2. The van der Waals surface area contributed by atoms with Crippen LogP contribution >= 0.6 is 35.0 Å². The van der Waals surface area contributed by atoms with Crippen LogP contribution in [0.4, 0.5) is 4.79 Å². The van der Waals surface area contributed by atoms with Crippen LogP contribution in [0, 0.1) is 0 Å². The minimum Gasteiger partial charge on any atom is -0.333 e. The van der Waals surface area contributed by atoms with Gasteiger partial charge in [0.2, 0.25) is 11.8 Å². The van der Waals surface area contributed by atoms with Gasteiger partial charge >= 0.3 is 6.03 Å². The van der Waals surface area contributed by atoms with E-state index in [0.717, 1.165) is 11.1 Å². The zero-order valence-corrected chi connectivity index (χ0v) is 23.2. The molecule has 4 amide bonds. The Morgan fingerprint density at radius 3 is 2.51 bits per heavy atom. The molecule has 0 bridgehead atoms. The number of amides is 4. The number of nitrogens with one attached hydrogen (secondary N) is 1. The van der Waals surface area contributed by atoms with Crippen LogP contribution in [0.3, 0.4) is 0 Å². The van der Waals surface area contributed by atoms with Crippen molar-refractivity contribution >= 4 is 52.8 Å². The summed E-state index contributed by atoms with van der Waals surface area (Å²) in [5.41, 5.74) is 1.80. The number of hydrogen-bond donors (Lipinski definition) is 1. The molecule has 37 heavy (non-hydrogen) atoms. The molecule has 0 aromatic heterocycles. The second kappa shape index (κ2) is 12.4. The zero-order chi connectivity index (χ0) is 26.5. The van der Waals surface area contributed by atoms with Crippen LogP contribution in [0.5, 0.6) is 0 Å². The maximum Gasteiger partial charge on any atom is 0.334 e. The zero-order valence-electron chi connectivity index (χ0n) is 20.9. The fourth-order valence-electron chi connectivity index (χ4n) is 4.83. The summed E-state index contributed by atoms with van der Waals surface area (Å²) in [6.45, 7) is 3.28. The van der Waals surface area contributed by atoms with Crippen LogP contribution in [0.15, 0.2) is 48.5 Å². The van der Waals surface area contributed by atoms with Crippen molar-refractivity contribution in [1.82, 2.24) is 25.1 Å². The second-order valence-corrected chi connectivity index (χ2v) is 10.8. The van der Waals surface area contributed by atoms with Crippen molar-refractivity contribution in [3.8, 4) is 0 Å². The molecule has 1 N–H and O–H groups in total. The van der Waals surface area contributed by atoms with Crippen molar-refractivity contribution in [3.63, 3.8) is 0 Å². The molecule has 198 valence electrons. The summed E-state index contributed by atoms with van der Waals surface area (Å²) in [5, 5.41) is 7.22. The number of carbonyl (C=O) groups excluding carboxylic acids is 3. The van der Waals surface area contributed by atoms with E-state index in [0.29, 0.717) is 41.9 Å². The van der Waals surface area contributed by atoms with Crippen LogP contribution in [0.1, 0.15) is 24.5 Å². The van der Waals surface area contributed by atoms with E-state index in [4.69, 9.17) is 23.2 Å². The summed E-state index contributed by atoms with van der Waals surface area (Å²) in [7, 11) is 0. The number of thioether (sulfide) groups is 1. The van der Waals surface area contributed by atoms with E-state index in [1.165, 1.54) is 0 Å². The first kappa shape index (κ1) is 27.6. The molecule has 2 heterocycles. The Morgan fingerprint density at radius 2 is 1.84 bits per heavy atom. The van der Waals surface area contributed by atoms with Crippen molar-refractivity contribution in [3.05, 3.63) is 69.7 Å². The molecule has 0 saturated carbocycles. The van der Waals surface area contributed by atoms with Crippen molar-refractivity contribution in [1.29, 1.82) is 0 Å². The highest BCUT2D eigenvalue weighted by Crippen LogP contribution is 2.30. The van der Waals surface area contributed by atoms with Gasteiger partial charge in [-0.25, -0.2) is 14.8 Å². The molecule has 2 saturated heterocycles. The summed E-state index contributed by atoms with van der Waals surface area (Å²) >= 11 is 13.9. The van der Waals surface area contributed by atoms with E-state index in [-0.39, 0.29) is 30.9 Å². The maximum atomic E-state index is 13.7. The lowest BCUT2D eigenvalue weighted by Gasteiger charge is -2.55. The van der Waals surface area contributed by atoms with Crippen molar-refractivity contribution in [2.24, 2.45) is 0 Å². The Balaban J connectivity index is 1.63. The number of hydrazine groups is 1. The molecule has 2 aromatic carbocycles. The van der Waals surface area contributed by atoms with Crippen LogP contribution in [0.25, 0.3) is 0 Å². The monoisotopic (exact) mass is 563 g/mol. The third kappa shape index (κ3) is 6.17. The summed E-state index contributed by atoms with van der Waals surface area (Å²) in [6.07, 6.45) is 1.86. The molecule has 2 aliphatic heterocycles. The fraction of sp³-hybridized carbons (Fsp3) is 0.423. The molecule has 2 aliphatic rings. The number of benzene rings is 2. The smallest absolute Gasteiger partial charge is 0.333 e. The highest BCUT2D eigenvalue weighted by Gasteiger charge is 2.50. The molecule has 0 radical (unpaired) electrons. The number of nitrogens with zero attached hydrogens (tertiary/aromatic N) is 4. The third-order valence-electron chi connectivity index (χ3n) is 6.64. The first-order chi connectivity index (χ1) is 17.8. The molecule has 4 rings (SSSR count). The van der Waals surface area contributed by atoms with Crippen LogP contribution in [0.2, 0.25) is 10.0 Å². The topological polar surface area (TPSA) is 76.2 Å². The van der Waals surface area contributed by atoms with Crippen LogP contribution in [-0.2, 0) is 22.7 Å². The van der Waals surface area contributed by atoms with E-state index in [9.17, 15) is 14.4 Å². The summed E-state index contributed by atoms with van der Waals surface area (Å²) in [6, 6.07) is 14.0. The Labute approximate surface area is 231 Å². The number of rotatable bonds is 8. The Morgan fingerprint density at radius 1 is 1.08 bits per heavy atom. The standard InChI is InChI=1S/C26H31Cl2N5O3S/c1-3-31-17-24(34)32-22(11-12-37-2)25(35)30(15-19-9-10-20(27)21(28)13-19)16-23(32)33(31)26(36)29-14-18-7-5-4-6-8-18/h4-10,13,22-23H,3,11-12,14-17H2,1-2H3,(H,29,36)/t22-,23-/m0/s1. The molecule has 0 spiro atoms. The van der Waals surface area contributed by atoms with Gasteiger partial charge in [-0.3, -0.25) is 9.59 Å². The van der Waals surface area contributed by atoms with E-state index < -0.39 is 12.2 Å². The van der Waals surface area contributed by atoms with Gasteiger partial charge < -0.3 is 15.1 Å². The number of hydrogen-bond acceptors (Lipinski definition) is 5. The minimum absolute atomic E-state index is 0.0433. The van der Waals surface area contributed by atoms with Gasteiger partial charge in [0, 0.05) is 19.6 Å². The lowest BCUT2D eigenvalue weighted by Crippen LogP contribution is -2.76. The molecular weight excluding hydrogens is 533 g/mol. The fourth-order valence-corrected chi connectivity index (χ4v) is 5.61. The predicted octanol–water partition coefficient (Wildman–Crippen LogP) is 4.07. The van der Waals surface area contributed by atoms with Gasteiger partial charge in [0.15, 0.2) is 0 Å². The molecule has 2 fully saturated rings. The minimum atomic E-state index is -0.648. The van der Waals surface area contributed by atoms with E-state index in [1.54, 1.807) is 43.7 Å². The molecular formula is C26H31Cl2N5O3S. The predicted molar refractivity (Wildman–Crippen MR) is 147 cm³/mol. The molecule has 8 nitrogen and oxygen atoms in total. The SMILES string of the molecule is CCN1CC(=O)N2[C@@H](CCSC)C(=O)N(Cc3ccc(Cl)c(Cl)c3)C[C@@H]2N1C(=O)NCc1ccccc1. The molecule has 2 atom stereocenters. The second-order valence-electron chi connectivity index (χ2n) is 9.02. The number of piperazine rings is 1. The van der Waals surface area contributed by atoms with Gasteiger partial charge in [-0.1, -0.05) is 66.5 Å². The Kier molecular flexibility index (Phi) is 9.23. The summed E-state index contributed by atoms with van der Waals surface area (Å²) < 4.78 is 0. The normalized spacial score (nSPS) is 20.3. The summed E-state index contributed by atoms with van der Waals surface area (Å²) in [5.74, 6) is 0.442. The number of carbonyl (C=O) groups is 3. The van der Waals surface area contributed by atoms with E-state index in [1.807, 2.05) is 49.6 Å². The highest BCUT2D eigenvalue weighted by atomic mass is 35.5. The first-order valence-corrected chi connectivity index (χ1v) is 14.4. The quantitative estimate of drug-likeness (QED) is 0.523. The average Bonchev–Trinajstić information content (AvgIpc) is 2.90. The third-order valence-corrected chi connectivity index (χ3v) is 8.03. The Bertz CT molecular complexity index is 1140. The van der Waals surface area contributed by atoms with Gasteiger partial charge in [0.05, 0.1) is 23.1 Å². The molecule has 0 unspecified atom stereocenters. The lowest BCUT2D eigenvalue weighted by atomic mass is 10.0. The van der Waals surface area contributed by atoms with Gasteiger partial charge in [-0.2, -0.15) is 11.8 Å². The molecule has 0 aliphatic carbocycles. The van der Waals surface area contributed by atoms with E-state index >= 15 is 0 Å². The first-order valence-electron chi connectivity index (χ1n) is 12.2. The largest absolute Gasteiger partial charge is 0.334 e. The van der Waals surface area contributed by atoms with Crippen molar-refractivity contribution in [2.75, 3.05) is 31.6 Å². The maximum absolute atomic E-state index is 13.7. The van der Waals surface area contributed by atoms with Gasteiger partial charge in [0.1, 0.15) is 12.2 Å². The highest BCUT2D eigenvalue weighted by molar-refractivity contribution is 7.98. The Hall–Kier alpha value is -2.46. The molecule has 2 aromatic rings. The van der Waals surface area contributed by atoms with Gasteiger partial charge in [-0.05, 0) is 41.7 Å². The average molecular weight is 565 g/mol. The van der Waals surface area contributed by atoms with Crippen LogP contribution < -0.4 is 5.32 Å². The molecule has 11 heteroatoms. The van der Waals surface area contributed by atoms with Crippen LogP contribution in [-0.4, -0.2) is 81.5 Å². The number of likely N-dealkylation sites (N-methyl/N-ethyl adjacent to an activating group) is 1. The van der Waals surface area contributed by atoms with Crippen molar-refractivity contribution < 1.29 is 14.4 Å². The van der Waals surface area contributed by atoms with E-state index in [2.05, 4.69) is 5.32 Å². The number of fused-ring (bicyclic) bond motifs is 1. The van der Waals surface area contributed by atoms with Gasteiger partial charge in [0.25, 0.3) is 0 Å². The van der Waals surface area contributed by atoms with Crippen molar-refractivity contribution in [2.45, 2.75) is 38.6 Å². The number of urea groups is 1. The summed E-state index contributed by atoms with van der Waals surface area (Å²) in [4.78, 5) is 43.9.